The van der Waals surface area contributed by atoms with E-state index in [0.717, 1.165) is 46.7 Å². The Hall–Kier alpha value is -3.08. The van der Waals surface area contributed by atoms with Crippen molar-refractivity contribution in [2.24, 2.45) is 0 Å². The van der Waals surface area contributed by atoms with Crippen molar-refractivity contribution in [1.29, 1.82) is 0 Å². The lowest BCUT2D eigenvalue weighted by molar-refractivity contribution is 0.582. The molecule has 0 bridgehead atoms. The summed E-state index contributed by atoms with van der Waals surface area (Å²) in [5, 5.41) is 9.30. The minimum atomic E-state index is 0.850. The first-order valence-electron chi connectivity index (χ1n) is 8.96. The summed E-state index contributed by atoms with van der Waals surface area (Å²) in [6.07, 6.45) is 1.69. The SMILES string of the molecule is CCN(CC)c1ccc(-n2nc3cc(C)c(-c4ccco4)cc3n2)cc1. The summed E-state index contributed by atoms with van der Waals surface area (Å²) < 4.78 is 5.54. The van der Waals surface area contributed by atoms with Crippen molar-refractivity contribution in [3.05, 3.63) is 60.4 Å². The zero-order valence-corrected chi connectivity index (χ0v) is 15.3. The number of aromatic nitrogens is 3. The minimum Gasteiger partial charge on any atom is -0.464 e. The van der Waals surface area contributed by atoms with Crippen molar-refractivity contribution >= 4 is 16.7 Å². The molecule has 0 aliphatic carbocycles. The summed E-state index contributed by atoms with van der Waals surface area (Å²) >= 11 is 0. The first-order chi connectivity index (χ1) is 12.7. The molecule has 0 N–H and O–H groups in total. The third kappa shape index (κ3) is 2.86. The fourth-order valence-corrected chi connectivity index (χ4v) is 3.27. The van der Waals surface area contributed by atoms with Crippen LogP contribution in [-0.2, 0) is 0 Å². The van der Waals surface area contributed by atoms with Gasteiger partial charge in [0.2, 0.25) is 0 Å². The lowest BCUT2D eigenvalue weighted by atomic mass is 10.1. The van der Waals surface area contributed by atoms with Crippen LogP contribution in [0.25, 0.3) is 28.0 Å². The molecule has 0 amide bonds. The zero-order chi connectivity index (χ0) is 18.1. The molecule has 0 aliphatic heterocycles. The van der Waals surface area contributed by atoms with E-state index in [-0.39, 0.29) is 0 Å². The Morgan fingerprint density at radius 1 is 0.962 bits per heavy atom. The van der Waals surface area contributed by atoms with Crippen LogP contribution in [-0.4, -0.2) is 28.1 Å². The Morgan fingerprint density at radius 2 is 1.65 bits per heavy atom. The van der Waals surface area contributed by atoms with E-state index in [2.05, 4.69) is 66.2 Å². The molecule has 0 unspecified atom stereocenters. The van der Waals surface area contributed by atoms with Crippen LogP contribution in [0.2, 0.25) is 0 Å². The fraction of sp³-hybridized carbons (Fsp3) is 0.238. The highest BCUT2D eigenvalue weighted by molar-refractivity contribution is 5.82. The maximum atomic E-state index is 5.54. The molecule has 2 aromatic carbocycles. The van der Waals surface area contributed by atoms with E-state index < -0.39 is 0 Å². The number of aryl methyl sites for hydroxylation is 1. The van der Waals surface area contributed by atoms with Gasteiger partial charge in [0.1, 0.15) is 16.8 Å². The molecule has 2 heterocycles. The second-order valence-corrected chi connectivity index (χ2v) is 6.31. The summed E-state index contributed by atoms with van der Waals surface area (Å²) in [5.74, 6) is 0.850. The maximum absolute atomic E-state index is 5.54. The van der Waals surface area contributed by atoms with Gasteiger partial charge in [-0.15, -0.1) is 10.2 Å². The second-order valence-electron chi connectivity index (χ2n) is 6.31. The van der Waals surface area contributed by atoms with Crippen molar-refractivity contribution < 1.29 is 4.42 Å². The van der Waals surface area contributed by atoms with Crippen molar-refractivity contribution in [2.75, 3.05) is 18.0 Å². The van der Waals surface area contributed by atoms with Gasteiger partial charge < -0.3 is 9.32 Å². The maximum Gasteiger partial charge on any atom is 0.134 e. The third-order valence-electron chi connectivity index (χ3n) is 4.72. The molecule has 5 heteroatoms. The summed E-state index contributed by atoms with van der Waals surface area (Å²) in [6, 6.07) is 16.3. The van der Waals surface area contributed by atoms with Crippen LogP contribution < -0.4 is 4.90 Å². The quantitative estimate of drug-likeness (QED) is 0.519. The van der Waals surface area contributed by atoms with Crippen LogP contribution in [0, 0.1) is 6.92 Å². The van der Waals surface area contributed by atoms with Gasteiger partial charge in [-0.2, -0.15) is 4.80 Å². The van der Waals surface area contributed by atoms with E-state index in [9.17, 15) is 0 Å². The molecule has 2 aromatic heterocycles. The molecule has 0 fully saturated rings. The monoisotopic (exact) mass is 346 g/mol. The van der Waals surface area contributed by atoms with Crippen LogP contribution in [0.4, 0.5) is 5.69 Å². The van der Waals surface area contributed by atoms with Crippen molar-refractivity contribution in [2.45, 2.75) is 20.8 Å². The number of fused-ring (bicyclic) bond motifs is 1. The van der Waals surface area contributed by atoms with Crippen molar-refractivity contribution in [1.82, 2.24) is 15.0 Å². The highest BCUT2D eigenvalue weighted by Gasteiger charge is 2.11. The first-order valence-corrected chi connectivity index (χ1v) is 8.96. The Labute approximate surface area is 152 Å². The minimum absolute atomic E-state index is 0.850. The number of benzene rings is 2. The molecule has 5 nitrogen and oxygen atoms in total. The molecule has 0 saturated carbocycles. The first kappa shape index (κ1) is 16.4. The predicted molar refractivity (Wildman–Crippen MR) is 105 cm³/mol. The molecule has 132 valence electrons. The largest absolute Gasteiger partial charge is 0.464 e. The number of anilines is 1. The van der Waals surface area contributed by atoms with E-state index in [1.807, 2.05) is 18.2 Å². The van der Waals surface area contributed by atoms with E-state index in [1.54, 1.807) is 11.1 Å². The number of hydrogen-bond donors (Lipinski definition) is 0. The summed E-state index contributed by atoms with van der Waals surface area (Å²) in [7, 11) is 0. The van der Waals surface area contributed by atoms with Gasteiger partial charge in [0, 0.05) is 24.3 Å². The molecule has 26 heavy (non-hydrogen) atoms. The smallest absolute Gasteiger partial charge is 0.134 e. The standard InChI is InChI=1S/C21H22N4O/c1-4-24(5-2)16-8-10-17(11-9-16)25-22-19-13-15(3)18(14-20(19)23-25)21-7-6-12-26-21/h6-14H,4-5H2,1-3H3. The molecule has 0 spiro atoms. The normalized spacial score (nSPS) is 11.2. The Kier molecular flexibility index (Phi) is 4.21. The summed E-state index contributed by atoms with van der Waals surface area (Å²) in [6.45, 7) is 8.38. The molecule has 0 aliphatic rings. The number of hydrogen-bond acceptors (Lipinski definition) is 4. The zero-order valence-electron chi connectivity index (χ0n) is 15.3. The van der Waals surface area contributed by atoms with Gasteiger partial charge in [0.25, 0.3) is 0 Å². The summed E-state index contributed by atoms with van der Waals surface area (Å²) in [4.78, 5) is 4.01. The molecule has 4 aromatic rings. The Morgan fingerprint density at radius 3 is 2.27 bits per heavy atom. The molecule has 0 radical (unpaired) electrons. The average molecular weight is 346 g/mol. The van der Waals surface area contributed by atoms with Crippen molar-refractivity contribution in [3.8, 4) is 17.0 Å². The van der Waals surface area contributed by atoms with E-state index >= 15 is 0 Å². The number of rotatable bonds is 5. The summed E-state index contributed by atoms with van der Waals surface area (Å²) in [5.41, 5.74) is 6.07. The van der Waals surface area contributed by atoms with Gasteiger partial charge >= 0.3 is 0 Å². The molecule has 0 atom stereocenters. The highest BCUT2D eigenvalue weighted by atomic mass is 16.3. The molecule has 0 saturated heterocycles. The molecule has 4 rings (SSSR count). The highest BCUT2D eigenvalue weighted by Crippen LogP contribution is 2.28. The second kappa shape index (κ2) is 6.67. The van der Waals surface area contributed by atoms with Gasteiger partial charge in [-0.05, 0) is 74.9 Å². The van der Waals surface area contributed by atoms with Crippen LogP contribution >= 0.6 is 0 Å². The van der Waals surface area contributed by atoms with Crippen LogP contribution in [0.1, 0.15) is 19.4 Å². The van der Waals surface area contributed by atoms with Gasteiger partial charge in [0.05, 0.1) is 12.0 Å². The van der Waals surface area contributed by atoms with E-state index in [1.165, 1.54) is 5.69 Å². The van der Waals surface area contributed by atoms with Gasteiger partial charge in [0.15, 0.2) is 0 Å². The lowest BCUT2D eigenvalue weighted by Gasteiger charge is -2.20. The fourth-order valence-electron chi connectivity index (χ4n) is 3.27. The van der Waals surface area contributed by atoms with E-state index in [0.29, 0.717) is 0 Å². The third-order valence-corrected chi connectivity index (χ3v) is 4.72. The topological polar surface area (TPSA) is 47.1 Å². The van der Waals surface area contributed by atoms with Crippen LogP contribution in [0.15, 0.2) is 59.2 Å². The average Bonchev–Trinajstić information content (AvgIpc) is 3.32. The number of furan rings is 1. The molecular formula is C21H22N4O. The Balaban J connectivity index is 1.71. The van der Waals surface area contributed by atoms with Gasteiger partial charge in [-0.3, -0.25) is 0 Å². The Bertz CT molecular complexity index is 1010. The van der Waals surface area contributed by atoms with Gasteiger partial charge in [-0.25, -0.2) is 0 Å². The lowest BCUT2D eigenvalue weighted by Crippen LogP contribution is -2.21. The van der Waals surface area contributed by atoms with Crippen LogP contribution in [0.5, 0.6) is 0 Å². The van der Waals surface area contributed by atoms with Crippen molar-refractivity contribution in [3.63, 3.8) is 0 Å². The van der Waals surface area contributed by atoms with Crippen LogP contribution in [0.3, 0.4) is 0 Å². The molecular weight excluding hydrogens is 324 g/mol. The number of nitrogens with zero attached hydrogens (tertiary/aromatic N) is 4. The van der Waals surface area contributed by atoms with E-state index in [4.69, 9.17) is 4.42 Å². The predicted octanol–water partition coefficient (Wildman–Crippen LogP) is 4.84. The van der Waals surface area contributed by atoms with Gasteiger partial charge in [-0.1, -0.05) is 0 Å².